The third-order valence-electron chi connectivity index (χ3n) is 5.08. The molecule has 32 heavy (non-hydrogen) atoms. The van der Waals surface area contributed by atoms with Gasteiger partial charge in [-0.3, -0.25) is 9.89 Å². The Morgan fingerprint density at radius 1 is 1.25 bits per heavy atom. The van der Waals surface area contributed by atoms with Crippen LogP contribution in [0.4, 0.5) is 18.9 Å². The molecule has 7 nitrogen and oxygen atoms in total. The van der Waals surface area contributed by atoms with Crippen LogP contribution in [0.15, 0.2) is 48.9 Å². The fourth-order valence-electron chi connectivity index (χ4n) is 3.53. The van der Waals surface area contributed by atoms with Gasteiger partial charge in [-0.25, -0.2) is 9.37 Å². The normalized spacial score (nSPS) is 14.0. The van der Waals surface area contributed by atoms with Gasteiger partial charge in [0, 0.05) is 34.5 Å². The Morgan fingerprint density at radius 2 is 2.00 bits per heavy atom. The van der Waals surface area contributed by atoms with Crippen LogP contribution in [0, 0.1) is 5.82 Å². The van der Waals surface area contributed by atoms with Crippen molar-refractivity contribution in [3.8, 4) is 17.0 Å². The SMILES string of the molecule is O=C(Nc1ccc(OC(F)(F)Cl)cc1)c1cc(-c2[nH]ncc2F)c2c(c1)ncn2C1CC1. The second-order valence-electron chi connectivity index (χ2n) is 7.39. The van der Waals surface area contributed by atoms with Gasteiger partial charge >= 0.3 is 5.57 Å². The number of hydrogen-bond acceptors (Lipinski definition) is 4. The highest BCUT2D eigenvalue weighted by atomic mass is 35.5. The number of carbonyl (C=O) groups excluding carboxylic acids is 1. The molecule has 0 unspecified atom stereocenters. The monoisotopic (exact) mass is 461 g/mol. The van der Waals surface area contributed by atoms with Crippen molar-refractivity contribution in [2.45, 2.75) is 24.5 Å². The number of alkyl halides is 3. The number of imidazole rings is 1. The lowest BCUT2D eigenvalue weighted by atomic mass is 10.0. The second-order valence-corrected chi connectivity index (χ2v) is 7.83. The highest BCUT2D eigenvalue weighted by Crippen LogP contribution is 2.40. The van der Waals surface area contributed by atoms with Crippen molar-refractivity contribution >= 4 is 34.2 Å². The average Bonchev–Trinajstić information content (AvgIpc) is 3.35. The maximum Gasteiger partial charge on any atom is 0.487 e. The molecule has 0 aliphatic heterocycles. The van der Waals surface area contributed by atoms with Crippen LogP contribution in [-0.2, 0) is 0 Å². The summed E-state index contributed by atoms with van der Waals surface area (Å²) in [6, 6.07) is 8.77. The topological polar surface area (TPSA) is 84.8 Å². The molecule has 2 N–H and O–H groups in total. The van der Waals surface area contributed by atoms with Gasteiger partial charge in [0.25, 0.3) is 5.91 Å². The molecule has 0 bridgehead atoms. The molecule has 0 atom stereocenters. The molecular formula is C21H15ClF3N5O2. The van der Waals surface area contributed by atoms with Gasteiger partial charge in [0.05, 0.1) is 23.6 Å². The minimum absolute atomic E-state index is 0.160. The summed E-state index contributed by atoms with van der Waals surface area (Å²) in [7, 11) is 0. The van der Waals surface area contributed by atoms with E-state index in [4.69, 9.17) is 11.6 Å². The van der Waals surface area contributed by atoms with Gasteiger partial charge in [-0.1, -0.05) is 0 Å². The number of aromatic amines is 1. The molecule has 1 saturated carbocycles. The van der Waals surface area contributed by atoms with E-state index in [-0.39, 0.29) is 17.0 Å². The van der Waals surface area contributed by atoms with Crippen molar-refractivity contribution in [1.29, 1.82) is 0 Å². The summed E-state index contributed by atoms with van der Waals surface area (Å²) in [6.07, 6.45) is 4.77. The Kier molecular flexibility index (Phi) is 4.81. The van der Waals surface area contributed by atoms with Crippen LogP contribution in [0.3, 0.4) is 0 Å². The first-order valence-corrected chi connectivity index (χ1v) is 10.0. The van der Waals surface area contributed by atoms with E-state index in [2.05, 4.69) is 25.2 Å². The minimum atomic E-state index is -3.83. The number of nitrogens with one attached hydrogen (secondary N) is 2. The number of rotatable bonds is 6. The second kappa shape index (κ2) is 7.56. The highest BCUT2D eigenvalue weighted by Gasteiger charge is 2.28. The van der Waals surface area contributed by atoms with Crippen LogP contribution in [0.25, 0.3) is 22.3 Å². The molecule has 1 aliphatic carbocycles. The molecule has 2 aromatic heterocycles. The van der Waals surface area contributed by atoms with Crippen molar-refractivity contribution in [3.63, 3.8) is 0 Å². The third kappa shape index (κ3) is 4.01. The molecule has 5 rings (SSSR count). The Morgan fingerprint density at radius 3 is 2.62 bits per heavy atom. The van der Waals surface area contributed by atoms with Crippen molar-refractivity contribution in [1.82, 2.24) is 19.7 Å². The van der Waals surface area contributed by atoms with Gasteiger partial charge in [0.1, 0.15) is 11.4 Å². The summed E-state index contributed by atoms with van der Waals surface area (Å²) >= 11 is 4.75. The highest BCUT2D eigenvalue weighted by molar-refractivity contribution is 6.20. The van der Waals surface area contributed by atoms with E-state index >= 15 is 0 Å². The smallest absolute Gasteiger partial charge is 0.420 e. The molecule has 164 valence electrons. The van der Waals surface area contributed by atoms with Crippen molar-refractivity contribution < 1.29 is 22.7 Å². The lowest BCUT2D eigenvalue weighted by molar-refractivity contribution is -0.0964. The molecule has 2 heterocycles. The fourth-order valence-corrected chi connectivity index (χ4v) is 3.61. The molecule has 4 aromatic rings. The largest absolute Gasteiger partial charge is 0.487 e. The first-order chi connectivity index (χ1) is 15.3. The number of benzene rings is 2. The van der Waals surface area contributed by atoms with E-state index < -0.39 is 17.3 Å². The standard InChI is InChI=1S/C21H15ClF3N5O2/c22-21(24,25)32-14-5-1-12(2-6-14)28-20(31)11-7-15(18-16(23)9-27-29-18)19-17(8-11)26-10-30(19)13-3-4-13/h1-2,5-10,13H,3-4H2,(H,27,29)(H,28,31). The fraction of sp³-hybridized carbons (Fsp3) is 0.190. The summed E-state index contributed by atoms with van der Waals surface area (Å²) in [4.78, 5) is 17.3. The Labute approximate surface area is 184 Å². The van der Waals surface area contributed by atoms with Gasteiger partial charge in [-0.05, 0) is 49.2 Å². The molecule has 2 aromatic carbocycles. The summed E-state index contributed by atoms with van der Waals surface area (Å²) in [5.74, 6) is -1.18. The molecule has 11 heteroatoms. The maximum atomic E-state index is 14.4. The molecular weight excluding hydrogens is 447 g/mol. The zero-order valence-electron chi connectivity index (χ0n) is 16.3. The van der Waals surface area contributed by atoms with Gasteiger partial charge in [-0.15, -0.1) is 8.78 Å². The van der Waals surface area contributed by atoms with Gasteiger partial charge in [0.15, 0.2) is 5.82 Å². The van der Waals surface area contributed by atoms with Crippen molar-refractivity contribution in [3.05, 3.63) is 60.3 Å². The number of nitrogens with zero attached hydrogens (tertiary/aromatic N) is 3. The average molecular weight is 462 g/mol. The first-order valence-electron chi connectivity index (χ1n) is 9.65. The zero-order chi connectivity index (χ0) is 22.5. The molecule has 1 amide bonds. The molecule has 0 saturated heterocycles. The lowest BCUT2D eigenvalue weighted by Crippen LogP contribution is -2.16. The molecule has 1 aliphatic rings. The van der Waals surface area contributed by atoms with Crippen LogP contribution in [-0.4, -0.2) is 31.2 Å². The zero-order valence-corrected chi connectivity index (χ0v) is 17.0. The van der Waals surface area contributed by atoms with E-state index in [9.17, 15) is 18.0 Å². The molecule has 1 fully saturated rings. The van der Waals surface area contributed by atoms with Crippen LogP contribution < -0.4 is 10.1 Å². The summed E-state index contributed by atoms with van der Waals surface area (Å²) in [5.41, 5.74) is -1.34. The van der Waals surface area contributed by atoms with Gasteiger partial charge in [0.2, 0.25) is 0 Å². The van der Waals surface area contributed by atoms with E-state index in [0.29, 0.717) is 22.8 Å². The summed E-state index contributed by atoms with van der Waals surface area (Å²) in [5, 5.41) is 9.07. The predicted octanol–water partition coefficient (Wildman–Crippen LogP) is 5.32. The van der Waals surface area contributed by atoms with E-state index in [1.807, 2.05) is 4.57 Å². The number of aromatic nitrogens is 4. The van der Waals surface area contributed by atoms with Crippen LogP contribution in [0.1, 0.15) is 29.2 Å². The van der Waals surface area contributed by atoms with Crippen LogP contribution >= 0.6 is 11.6 Å². The van der Waals surface area contributed by atoms with E-state index in [1.54, 1.807) is 18.5 Å². The van der Waals surface area contributed by atoms with Crippen molar-refractivity contribution in [2.75, 3.05) is 5.32 Å². The number of H-pyrrole nitrogens is 1. The number of halogens is 4. The third-order valence-corrected chi connectivity index (χ3v) is 5.16. The number of fused-ring (bicyclic) bond motifs is 1. The number of ether oxygens (including phenoxy) is 1. The minimum Gasteiger partial charge on any atom is -0.420 e. The molecule has 0 spiro atoms. The Bertz CT molecular complexity index is 1310. The first kappa shape index (κ1) is 20.4. The Balaban J connectivity index is 1.48. The number of anilines is 1. The van der Waals surface area contributed by atoms with Gasteiger partial charge < -0.3 is 14.6 Å². The predicted molar refractivity (Wildman–Crippen MR) is 111 cm³/mol. The van der Waals surface area contributed by atoms with Crippen molar-refractivity contribution in [2.24, 2.45) is 0 Å². The lowest BCUT2D eigenvalue weighted by Gasteiger charge is -2.12. The summed E-state index contributed by atoms with van der Waals surface area (Å²) in [6.45, 7) is 0. The molecule has 0 radical (unpaired) electrons. The van der Waals surface area contributed by atoms with Crippen LogP contribution in [0.2, 0.25) is 0 Å². The van der Waals surface area contributed by atoms with E-state index in [0.717, 1.165) is 24.6 Å². The number of hydrogen-bond donors (Lipinski definition) is 2. The number of amides is 1. The quantitative estimate of drug-likeness (QED) is 0.380. The van der Waals surface area contributed by atoms with Crippen LogP contribution in [0.5, 0.6) is 5.75 Å². The Hall–Kier alpha value is -3.53. The maximum absolute atomic E-state index is 14.4. The number of carbonyl (C=O) groups is 1. The van der Waals surface area contributed by atoms with E-state index in [1.165, 1.54) is 24.3 Å². The summed E-state index contributed by atoms with van der Waals surface area (Å²) < 4.78 is 46.1. The van der Waals surface area contributed by atoms with Gasteiger partial charge in [-0.2, -0.15) is 5.10 Å².